The highest BCUT2D eigenvalue weighted by Crippen LogP contribution is 2.18. The molecule has 0 aliphatic carbocycles. The summed E-state index contributed by atoms with van der Waals surface area (Å²) >= 11 is 0. The van der Waals surface area contributed by atoms with Crippen molar-refractivity contribution in [2.24, 2.45) is 0 Å². The number of aryl methyl sites for hydroxylation is 2. The molecule has 0 radical (unpaired) electrons. The van der Waals surface area contributed by atoms with Crippen LogP contribution in [0.4, 0.5) is 17.3 Å². The van der Waals surface area contributed by atoms with Crippen LogP contribution in [-0.2, 0) is 6.42 Å². The van der Waals surface area contributed by atoms with Crippen molar-refractivity contribution >= 4 is 17.3 Å². The third-order valence-corrected chi connectivity index (χ3v) is 2.67. The fourth-order valence-electron chi connectivity index (χ4n) is 1.72. The largest absolute Gasteiger partial charge is 0.382 e. The predicted molar refractivity (Wildman–Crippen MR) is 70.3 cm³/mol. The molecule has 2 rings (SSSR count). The van der Waals surface area contributed by atoms with E-state index in [1.54, 1.807) is 6.20 Å². The van der Waals surface area contributed by atoms with Crippen LogP contribution < -0.4 is 11.1 Å². The Labute approximate surface area is 101 Å². The second kappa shape index (κ2) is 4.82. The van der Waals surface area contributed by atoms with Gasteiger partial charge in [0.1, 0.15) is 11.6 Å². The molecule has 0 saturated carbocycles. The normalized spacial score (nSPS) is 10.2. The van der Waals surface area contributed by atoms with E-state index in [0.29, 0.717) is 11.6 Å². The molecule has 2 aromatic rings. The molecular weight excluding hydrogens is 212 g/mol. The molecule has 3 N–H and O–H groups in total. The Morgan fingerprint density at radius 2 is 2.06 bits per heavy atom. The smallest absolute Gasteiger partial charge is 0.149 e. The third-order valence-electron chi connectivity index (χ3n) is 2.67. The quantitative estimate of drug-likeness (QED) is 0.847. The van der Waals surface area contributed by atoms with Crippen LogP contribution in [0.25, 0.3) is 0 Å². The van der Waals surface area contributed by atoms with Gasteiger partial charge in [-0.2, -0.15) is 0 Å². The fourth-order valence-corrected chi connectivity index (χ4v) is 1.72. The average molecular weight is 228 g/mol. The van der Waals surface area contributed by atoms with Gasteiger partial charge in [-0.05, 0) is 36.6 Å². The Hall–Kier alpha value is -2.10. The van der Waals surface area contributed by atoms with Crippen LogP contribution in [0.1, 0.15) is 18.1 Å². The van der Waals surface area contributed by atoms with Gasteiger partial charge in [0.2, 0.25) is 0 Å². The highest BCUT2D eigenvalue weighted by atomic mass is 15.0. The van der Waals surface area contributed by atoms with Gasteiger partial charge in [-0.3, -0.25) is 0 Å². The predicted octanol–water partition coefficient (Wildman–Crippen LogP) is 2.67. The molecule has 4 heteroatoms. The molecule has 1 heterocycles. The summed E-state index contributed by atoms with van der Waals surface area (Å²) < 4.78 is 0. The fraction of sp³-hybridized carbons (Fsp3) is 0.231. The Morgan fingerprint density at radius 1 is 1.24 bits per heavy atom. The first kappa shape index (κ1) is 11.4. The molecule has 4 nitrogen and oxygen atoms in total. The molecule has 0 spiro atoms. The van der Waals surface area contributed by atoms with Gasteiger partial charge in [0.05, 0.1) is 12.4 Å². The molecule has 1 aromatic heterocycles. The SMILES string of the molecule is CCc1ccc(Nc2cnc(N)cn2)cc1C. The molecule has 0 fully saturated rings. The van der Waals surface area contributed by atoms with E-state index in [4.69, 9.17) is 5.73 Å². The molecule has 1 aromatic carbocycles. The third kappa shape index (κ3) is 2.72. The number of aromatic nitrogens is 2. The standard InChI is InChI=1S/C13H16N4/c1-3-10-4-5-11(6-9(10)2)17-13-8-15-12(14)7-16-13/h4-8H,3H2,1-2H3,(H2,14,15)(H,16,17). The highest BCUT2D eigenvalue weighted by Gasteiger charge is 2.00. The summed E-state index contributed by atoms with van der Waals surface area (Å²) in [5, 5.41) is 3.19. The molecule has 17 heavy (non-hydrogen) atoms. The summed E-state index contributed by atoms with van der Waals surface area (Å²) in [5.41, 5.74) is 9.13. The van der Waals surface area contributed by atoms with E-state index in [0.717, 1.165) is 12.1 Å². The first-order chi connectivity index (χ1) is 8.19. The van der Waals surface area contributed by atoms with Gasteiger partial charge in [0, 0.05) is 5.69 Å². The van der Waals surface area contributed by atoms with Gasteiger partial charge >= 0.3 is 0 Å². The minimum absolute atomic E-state index is 0.424. The van der Waals surface area contributed by atoms with Crippen molar-refractivity contribution < 1.29 is 0 Å². The first-order valence-corrected chi connectivity index (χ1v) is 5.63. The summed E-state index contributed by atoms with van der Waals surface area (Å²) in [6, 6.07) is 6.28. The van der Waals surface area contributed by atoms with Crippen molar-refractivity contribution in [1.29, 1.82) is 0 Å². The average Bonchev–Trinajstić information content (AvgIpc) is 2.32. The van der Waals surface area contributed by atoms with Crippen LogP contribution in [0, 0.1) is 6.92 Å². The Balaban J connectivity index is 2.19. The van der Waals surface area contributed by atoms with E-state index >= 15 is 0 Å². The van der Waals surface area contributed by atoms with Gasteiger partial charge in [-0.25, -0.2) is 9.97 Å². The van der Waals surface area contributed by atoms with Crippen molar-refractivity contribution in [2.75, 3.05) is 11.1 Å². The number of hydrogen-bond donors (Lipinski definition) is 2. The molecule has 0 saturated heterocycles. The van der Waals surface area contributed by atoms with Crippen LogP contribution >= 0.6 is 0 Å². The van der Waals surface area contributed by atoms with E-state index in [-0.39, 0.29) is 0 Å². The van der Waals surface area contributed by atoms with E-state index in [1.807, 2.05) is 6.07 Å². The van der Waals surface area contributed by atoms with Crippen LogP contribution in [0.15, 0.2) is 30.6 Å². The zero-order valence-corrected chi connectivity index (χ0v) is 10.1. The summed E-state index contributed by atoms with van der Waals surface area (Å²) in [5.74, 6) is 1.12. The molecule has 0 unspecified atom stereocenters. The topological polar surface area (TPSA) is 63.8 Å². The molecule has 0 aliphatic rings. The van der Waals surface area contributed by atoms with E-state index in [1.165, 1.54) is 17.3 Å². The van der Waals surface area contributed by atoms with Crippen LogP contribution in [0.2, 0.25) is 0 Å². The molecular formula is C13H16N4. The zero-order valence-electron chi connectivity index (χ0n) is 10.1. The molecule has 0 aliphatic heterocycles. The van der Waals surface area contributed by atoms with Gasteiger partial charge in [0.15, 0.2) is 0 Å². The Bertz CT molecular complexity index is 505. The number of nitrogens with zero attached hydrogens (tertiary/aromatic N) is 2. The number of rotatable bonds is 3. The monoisotopic (exact) mass is 228 g/mol. The lowest BCUT2D eigenvalue weighted by Crippen LogP contribution is -1.98. The molecule has 0 bridgehead atoms. The van der Waals surface area contributed by atoms with Gasteiger partial charge < -0.3 is 11.1 Å². The summed E-state index contributed by atoms with van der Waals surface area (Å²) in [7, 11) is 0. The maximum atomic E-state index is 5.48. The van der Waals surface area contributed by atoms with Crippen molar-refractivity contribution in [3.8, 4) is 0 Å². The summed E-state index contributed by atoms with van der Waals surface area (Å²) in [4.78, 5) is 8.13. The molecule has 88 valence electrons. The maximum absolute atomic E-state index is 5.48. The number of nitrogen functional groups attached to an aromatic ring is 1. The number of nitrogens with one attached hydrogen (secondary N) is 1. The highest BCUT2D eigenvalue weighted by molar-refractivity contribution is 5.57. The lowest BCUT2D eigenvalue weighted by atomic mass is 10.1. The minimum atomic E-state index is 0.424. The van der Waals surface area contributed by atoms with Crippen molar-refractivity contribution in [1.82, 2.24) is 9.97 Å². The van der Waals surface area contributed by atoms with Crippen molar-refractivity contribution in [2.45, 2.75) is 20.3 Å². The number of anilines is 3. The van der Waals surface area contributed by atoms with E-state index in [2.05, 4.69) is 41.3 Å². The summed E-state index contributed by atoms with van der Waals surface area (Å²) in [6.07, 6.45) is 4.21. The van der Waals surface area contributed by atoms with Crippen molar-refractivity contribution in [3.63, 3.8) is 0 Å². The zero-order chi connectivity index (χ0) is 12.3. The van der Waals surface area contributed by atoms with Crippen LogP contribution in [0.3, 0.4) is 0 Å². The van der Waals surface area contributed by atoms with Crippen LogP contribution in [-0.4, -0.2) is 9.97 Å². The van der Waals surface area contributed by atoms with E-state index in [9.17, 15) is 0 Å². The molecule has 0 amide bonds. The Morgan fingerprint density at radius 3 is 2.65 bits per heavy atom. The van der Waals surface area contributed by atoms with Gasteiger partial charge in [0.25, 0.3) is 0 Å². The number of benzene rings is 1. The van der Waals surface area contributed by atoms with E-state index < -0.39 is 0 Å². The Kier molecular flexibility index (Phi) is 3.23. The first-order valence-electron chi connectivity index (χ1n) is 5.63. The minimum Gasteiger partial charge on any atom is -0.382 e. The number of hydrogen-bond acceptors (Lipinski definition) is 4. The van der Waals surface area contributed by atoms with Gasteiger partial charge in [-0.15, -0.1) is 0 Å². The number of nitrogens with two attached hydrogens (primary N) is 1. The lowest BCUT2D eigenvalue weighted by molar-refractivity contribution is 1.11. The second-order valence-electron chi connectivity index (χ2n) is 3.95. The molecule has 0 atom stereocenters. The van der Waals surface area contributed by atoms with Crippen LogP contribution in [0.5, 0.6) is 0 Å². The summed E-state index contributed by atoms with van der Waals surface area (Å²) in [6.45, 7) is 4.26. The van der Waals surface area contributed by atoms with Crippen molar-refractivity contribution in [3.05, 3.63) is 41.7 Å². The second-order valence-corrected chi connectivity index (χ2v) is 3.95. The lowest BCUT2D eigenvalue weighted by Gasteiger charge is -2.08. The van der Waals surface area contributed by atoms with Gasteiger partial charge in [-0.1, -0.05) is 13.0 Å². The maximum Gasteiger partial charge on any atom is 0.149 e.